The third-order valence-corrected chi connectivity index (χ3v) is 10.8. The van der Waals surface area contributed by atoms with Crippen molar-refractivity contribution in [1.82, 2.24) is 15.6 Å². The number of nitrogens with one attached hydrogen (secondary N) is 2. The zero-order valence-electron chi connectivity index (χ0n) is 26.8. The number of thioether (sulfide) groups is 1. The van der Waals surface area contributed by atoms with Gasteiger partial charge in [-0.3, -0.25) is 0 Å². The van der Waals surface area contributed by atoms with Gasteiger partial charge in [-0.25, -0.2) is 9.78 Å². The van der Waals surface area contributed by atoms with Crippen LogP contribution in [0.15, 0.2) is 132 Å². The van der Waals surface area contributed by atoms with Gasteiger partial charge in [-0.2, -0.15) is 0 Å². The SMILES string of the molecule is O=C(NCc1ccccc1)NCc1cccc(-c2ccc([C@H]3O[C@@H](CSc4nc5ccccc5s4)C[C@@H](c4ccc(CO)cc4)O3)cc2)c1. The number of aliphatic hydroxyl groups excluding tert-OH is 1. The van der Waals surface area contributed by atoms with Crippen molar-refractivity contribution in [1.29, 1.82) is 0 Å². The van der Waals surface area contributed by atoms with Crippen molar-refractivity contribution < 1.29 is 19.4 Å². The average molecular weight is 688 g/mol. The lowest BCUT2D eigenvalue weighted by Gasteiger charge is -2.36. The maximum absolute atomic E-state index is 12.4. The van der Waals surface area contributed by atoms with Gasteiger partial charge in [0, 0.05) is 30.8 Å². The van der Waals surface area contributed by atoms with Gasteiger partial charge >= 0.3 is 6.03 Å². The van der Waals surface area contributed by atoms with E-state index in [1.807, 2.05) is 84.9 Å². The number of urea groups is 1. The number of thiazole rings is 1. The molecule has 1 fully saturated rings. The van der Waals surface area contributed by atoms with Crippen LogP contribution in [0.4, 0.5) is 4.79 Å². The second kappa shape index (κ2) is 15.8. The molecule has 0 aliphatic carbocycles. The molecule has 3 atom stereocenters. The number of fused-ring (bicyclic) bond motifs is 1. The zero-order chi connectivity index (χ0) is 33.4. The Hall–Kier alpha value is -4.51. The fourth-order valence-electron chi connectivity index (χ4n) is 5.82. The molecule has 9 heteroatoms. The number of nitrogens with zero attached hydrogens (tertiary/aromatic N) is 1. The van der Waals surface area contributed by atoms with E-state index in [0.29, 0.717) is 13.1 Å². The van der Waals surface area contributed by atoms with Crippen molar-refractivity contribution >= 4 is 39.3 Å². The average Bonchev–Trinajstić information content (AvgIpc) is 3.59. The maximum atomic E-state index is 12.4. The molecule has 0 bridgehead atoms. The fourth-order valence-corrected chi connectivity index (χ4v) is 7.93. The molecule has 5 aromatic carbocycles. The molecule has 3 N–H and O–H groups in total. The van der Waals surface area contributed by atoms with Gasteiger partial charge in [-0.1, -0.05) is 121 Å². The molecule has 6 aromatic rings. The highest BCUT2D eigenvalue weighted by molar-refractivity contribution is 8.01. The molecule has 49 heavy (non-hydrogen) atoms. The highest BCUT2D eigenvalue weighted by Crippen LogP contribution is 2.40. The van der Waals surface area contributed by atoms with Crippen LogP contribution in [0.2, 0.25) is 0 Å². The lowest BCUT2D eigenvalue weighted by atomic mass is 9.99. The number of para-hydroxylation sites is 1. The highest BCUT2D eigenvalue weighted by atomic mass is 32.2. The molecule has 7 nitrogen and oxygen atoms in total. The highest BCUT2D eigenvalue weighted by Gasteiger charge is 2.32. The van der Waals surface area contributed by atoms with E-state index in [1.54, 1.807) is 23.1 Å². The molecule has 2 heterocycles. The van der Waals surface area contributed by atoms with Gasteiger partial charge in [0.1, 0.15) is 0 Å². The van der Waals surface area contributed by atoms with Crippen LogP contribution in [-0.4, -0.2) is 28.0 Å². The van der Waals surface area contributed by atoms with E-state index in [4.69, 9.17) is 14.5 Å². The summed E-state index contributed by atoms with van der Waals surface area (Å²) in [7, 11) is 0. The number of aliphatic hydroxyl groups is 1. The predicted octanol–water partition coefficient (Wildman–Crippen LogP) is 8.79. The molecule has 0 unspecified atom stereocenters. The van der Waals surface area contributed by atoms with Crippen LogP contribution in [0.25, 0.3) is 21.3 Å². The second-order valence-corrected chi connectivity index (χ2v) is 14.3. The number of aromatic nitrogens is 1. The number of amides is 2. The monoisotopic (exact) mass is 687 g/mol. The van der Waals surface area contributed by atoms with E-state index >= 15 is 0 Å². The molecule has 2 amide bonds. The molecule has 0 radical (unpaired) electrons. The van der Waals surface area contributed by atoms with Crippen molar-refractivity contribution in [2.75, 3.05) is 5.75 Å². The largest absolute Gasteiger partial charge is 0.392 e. The van der Waals surface area contributed by atoms with Crippen LogP contribution in [-0.2, 0) is 29.2 Å². The molecule has 1 aromatic heterocycles. The molecular formula is C40H37N3O4S2. The number of benzene rings is 5. The fraction of sp³-hybridized carbons (Fsp3) is 0.200. The minimum absolute atomic E-state index is 0.00876. The van der Waals surface area contributed by atoms with Crippen LogP contribution in [0.1, 0.15) is 46.6 Å². The lowest BCUT2D eigenvalue weighted by molar-refractivity contribution is -0.245. The number of rotatable bonds is 11. The van der Waals surface area contributed by atoms with Crippen LogP contribution in [0, 0.1) is 0 Å². The summed E-state index contributed by atoms with van der Waals surface area (Å²) in [5.41, 5.74) is 8.10. The number of carbonyl (C=O) groups excluding carboxylic acids is 1. The van der Waals surface area contributed by atoms with E-state index in [1.165, 1.54) is 4.70 Å². The van der Waals surface area contributed by atoms with Crippen LogP contribution in [0.3, 0.4) is 0 Å². The quantitative estimate of drug-likeness (QED) is 0.118. The van der Waals surface area contributed by atoms with Crippen molar-refractivity contribution in [3.8, 4) is 11.1 Å². The summed E-state index contributed by atoms with van der Waals surface area (Å²) >= 11 is 3.43. The Balaban J connectivity index is 1.02. The van der Waals surface area contributed by atoms with Crippen molar-refractivity contribution in [3.05, 3.63) is 155 Å². The number of hydrogen-bond acceptors (Lipinski definition) is 7. The molecule has 1 aliphatic rings. The summed E-state index contributed by atoms with van der Waals surface area (Å²) in [6.45, 7) is 0.912. The Morgan fingerprint density at radius 2 is 1.47 bits per heavy atom. The van der Waals surface area contributed by atoms with Gasteiger partial charge in [0.2, 0.25) is 0 Å². The topological polar surface area (TPSA) is 92.7 Å². The first kappa shape index (κ1) is 33.0. The molecular weight excluding hydrogens is 651 g/mol. The lowest BCUT2D eigenvalue weighted by Crippen LogP contribution is -2.34. The summed E-state index contributed by atoms with van der Waals surface area (Å²) in [4.78, 5) is 17.2. The van der Waals surface area contributed by atoms with Gasteiger partial charge in [-0.05, 0) is 51.6 Å². The Morgan fingerprint density at radius 1 is 0.755 bits per heavy atom. The van der Waals surface area contributed by atoms with E-state index in [2.05, 4.69) is 53.1 Å². The van der Waals surface area contributed by atoms with Crippen LogP contribution in [0.5, 0.6) is 0 Å². The normalized spacial score (nSPS) is 17.5. The summed E-state index contributed by atoms with van der Waals surface area (Å²) in [5.74, 6) is 0.758. The molecule has 248 valence electrons. The summed E-state index contributed by atoms with van der Waals surface area (Å²) in [5, 5.41) is 15.4. The van der Waals surface area contributed by atoms with Gasteiger partial charge in [0.05, 0.1) is 29.0 Å². The number of hydrogen-bond donors (Lipinski definition) is 3. The molecule has 7 rings (SSSR count). The van der Waals surface area contributed by atoms with Gasteiger partial charge in [-0.15, -0.1) is 11.3 Å². The van der Waals surface area contributed by atoms with Crippen LogP contribution >= 0.6 is 23.1 Å². The van der Waals surface area contributed by atoms with Crippen molar-refractivity contribution in [3.63, 3.8) is 0 Å². The number of carbonyl (C=O) groups is 1. The summed E-state index contributed by atoms with van der Waals surface area (Å²) in [6.07, 6.45) is -0.0137. The third-order valence-electron chi connectivity index (χ3n) is 8.47. The first-order valence-corrected chi connectivity index (χ1v) is 18.1. The van der Waals surface area contributed by atoms with Gasteiger partial charge in [0.25, 0.3) is 0 Å². The minimum Gasteiger partial charge on any atom is -0.392 e. The first-order valence-electron chi connectivity index (χ1n) is 16.3. The molecule has 1 aliphatic heterocycles. The molecule has 0 saturated carbocycles. The second-order valence-electron chi connectivity index (χ2n) is 12.0. The van der Waals surface area contributed by atoms with Gasteiger partial charge < -0.3 is 25.2 Å². The van der Waals surface area contributed by atoms with E-state index in [0.717, 1.165) is 61.0 Å². The van der Waals surface area contributed by atoms with Gasteiger partial charge in [0.15, 0.2) is 10.6 Å². The maximum Gasteiger partial charge on any atom is 0.315 e. The Kier molecular flexibility index (Phi) is 10.6. The zero-order valence-corrected chi connectivity index (χ0v) is 28.5. The summed E-state index contributed by atoms with van der Waals surface area (Å²) in [6, 6.07) is 42.3. The van der Waals surface area contributed by atoms with E-state index in [-0.39, 0.29) is 24.8 Å². The first-order chi connectivity index (χ1) is 24.1. The van der Waals surface area contributed by atoms with E-state index in [9.17, 15) is 9.90 Å². The standard InChI is InChI=1S/C40H37N3O4S2/c44-25-28-13-15-31(16-14-28)36-22-34(26-48-40-43-35-11-4-5-12-37(35)49-40)46-38(47-36)32-19-17-30(18-20-32)33-10-6-9-29(21-33)24-42-39(45)41-23-27-7-2-1-3-8-27/h1-21,34,36,38,44H,22-26H2,(H2,41,42,45)/t34-,36+,38+/m1/s1. The van der Waals surface area contributed by atoms with Crippen molar-refractivity contribution in [2.45, 2.75) is 49.0 Å². The van der Waals surface area contributed by atoms with Crippen LogP contribution < -0.4 is 10.6 Å². The Morgan fingerprint density at radius 3 is 2.24 bits per heavy atom. The Labute approximate surface area is 294 Å². The smallest absolute Gasteiger partial charge is 0.315 e. The minimum atomic E-state index is -0.531. The Bertz CT molecular complexity index is 1950. The van der Waals surface area contributed by atoms with E-state index < -0.39 is 6.29 Å². The third kappa shape index (κ3) is 8.57. The number of ether oxygens (including phenoxy) is 2. The molecule has 0 spiro atoms. The summed E-state index contributed by atoms with van der Waals surface area (Å²) < 4.78 is 15.4. The predicted molar refractivity (Wildman–Crippen MR) is 196 cm³/mol. The molecule has 1 saturated heterocycles. The van der Waals surface area contributed by atoms with Crippen molar-refractivity contribution in [2.24, 2.45) is 0 Å².